The number of urea groups is 1. The number of benzene rings is 2. The molecule has 2 N–H and O–H groups in total. The third kappa shape index (κ3) is 5.74. The van der Waals surface area contributed by atoms with Crippen molar-refractivity contribution in [2.45, 2.75) is 57.4 Å². The quantitative estimate of drug-likeness (QED) is 0.481. The van der Waals surface area contributed by atoms with Crippen LogP contribution in [0.3, 0.4) is 0 Å². The van der Waals surface area contributed by atoms with Crippen LogP contribution in [-0.2, 0) is 11.0 Å². The Hall–Kier alpha value is -3.31. The number of nitrogens with zero attached hydrogens (tertiary/aromatic N) is 3. The molecule has 0 aliphatic carbocycles. The Morgan fingerprint density at radius 3 is 2.39 bits per heavy atom. The molecule has 11 heteroatoms. The summed E-state index contributed by atoms with van der Waals surface area (Å²) in [6, 6.07) is 9.06. The number of carbonyl (C=O) groups excluding carboxylic acids is 2. The number of hydrogen-bond acceptors (Lipinski definition) is 5. The van der Waals surface area contributed by atoms with E-state index in [4.69, 9.17) is 4.74 Å². The van der Waals surface area contributed by atoms with Gasteiger partial charge in [0.05, 0.1) is 36.2 Å². The molecular formula is C30H38F3N3O5. The number of rotatable bonds is 8. The first-order chi connectivity index (χ1) is 19.4. The molecule has 224 valence electrons. The third-order valence-corrected chi connectivity index (χ3v) is 8.79. The molecule has 0 radical (unpaired) electrons. The molecule has 0 aromatic heterocycles. The number of methoxy groups -OCH3 is 1. The van der Waals surface area contributed by atoms with Gasteiger partial charge in [0.2, 0.25) is 5.91 Å². The molecule has 2 fully saturated rings. The second kappa shape index (κ2) is 11.9. The molecule has 2 aromatic rings. The zero-order chi connectivity index (χ0) is 30.1. The molecule has 41 heavy (non-hydrogen) atoms. The first kappa shape index (κ1) is 30.6. The molecule has 0 spiro atoms. The number of hydrogen-bond donors (Lipinski definition) is 2. The molecule has 2 saturated heterocycles. The Morgan fingerprint density at radius 1 is 1.15 bits per heavy atom. The van der Waals surface area contributed by atoms with Crippen molar-refractivity contribution in [3.63, 3.8) is 0 Å². The van der Waals surface area contributed by atoms with Crippen LogP contribution in [0, 0.1) is 12.3 Å². The van der Waals surface area contributed by atoms with Gasteiger partial charge < -0.3 is 29.6 Å². The molecule has 2 heterocycles. The summed E-state index contributed by atoms with van der Waals surface area (Å²) < 4.78 is 45.9. The van der Waals surface area contributed by atoms with Gasteiger partial charge in [-0.2, -0.15) is 13.2 Å². The third-order valence-electron chi connectivity index (χ3n) is 8.79. The van der Waals surface area contributed by atoms with Crippen molar-refractivity contribution in [3.05, 3.63) is 64.7 Å². The summed E-state index contributed by atoms with van der Waals surface area (Å²) >= 11 is 0. The molecule has 0 saturated carbocycles. The number of aryl methyl sites for hydroxylation is 1. The van der Waals surface area contributed by atoms with E-state index in [2.05, 4.69) is 0 Å². The molecule has 8 nitrogen and oxygen atoms in total. The summed E-state index contributed by atoms with van der Waals surface area (Å²) in [5.41, 5.74) is 0.292. The number of ether oxygens (including phenoxy) is 1. The number of halogens is 3. The van der Waals surface area contributed by atoms with Crippen LogP contribution >= 0.6 is 0 Å². The van der Waals surface area contributed by atoms with Crippen LogP contribution in [0.2, 0.25) is 0 Å². The number of aliphatic hydroxyl groups excluding tert-OH is 2. The number of alkyl halides is 3. The molecular weight excluding hydrogens is 539 g/mol. The number of amides is 3. The Bertz CT molecular complexity index is 1260. The van der Waals surface area contributed by atoms with E-state index in [1.165, 1.54) is 18.1 Å². The fourth-order valence-corrected chi connectivity index (χ4v) is 6.38. The number of piperazine rings is 1. The van der Waals surface area contributed by atoms with Gasteiger partial charge in [-0.25, -0.2) is 4.79 Å². The van der Waals surface area contributed by atoms with Crippen molar-refractivity contribution in [2.75, 3.05) is 40.5 Å². The maximum absolute atomic E-state index is 14.1. The van der Waals surface area contributed by atoms with Crippen LogP contribution in [0.5, 0.6) is 5.75 Å². The second-order valence-electron chi connectivity index (χ2n) is 11.1. The normalized spacial score (nSPS) is 21.0. The van der Waals surface area contributed by atoms with Crippen LogP contribution in [0.1, 0.15) is 60.5 Å². The van der Waals surface area contributed by atoms with Crippen molar-refractivity contribution in [1.29, 1.82) is 0 Å². The predicted octanol–water partition coefficient (Wildman–Crippen LogP) is 4.54. The van der Waals surface area contributed by atoms with E-state index in [9.17, 15) is 33.0 Å². The average Bonchev–Trinajstić information content (AvgIpc) is 3.22. The van der Waals surface area contributed by atoms with E-state index in [-0.39, 0.29) is 62.4 Å². The van der Waals surface area contributed by atoms with Crippen molar-refractivity contribution >= 4 is 11.9 Å². The van der Waals surface area contributed by atoms with Gasteiger partial charge in [0, 0.05) is 33.4 Å². The minimum atomic E-state index is -4.58. The van der Waals surface area contributed by atoms with Gasteiger partial charge in [0.25, 0.3) is 0 Å². The number of fused-ring (bicyclic) bond motifs is 1. The number of carbonyl (C=O) groups is 2. The summed E-state index contributed by atoms with van der Waals surface area (Å²) in [6.45, 7) is 3.69. The number of aliphatic hydroxyl groups is 2. The Kier molecular flexibility index (Phi) is 8.89. The van der Waals surface area contributed by atoms with Crippen molar-refractivity contribution in [2.24, 2.45) is 5.41 Å². The zero-order valence-corrected chi connectivity index (χ0v) is 23.8. The molecule has 2 aliphatic heterocycles. The molecule has 4 rings (SSSR count). The second-order valence-corrected chi connectivity index (χ2v) is 11.1. The lowest BCUT2D eigenvalue weighted by atomic mass is 9.77. The van der Waals surface area contributed by atoms with E-state index < -0.39 is 35.3 Å². The van der Waals surface area contributed by atoms with Gasteiger partial charge in [-0.15, -0.1) is 0 Å². The topological polar surface area (TPSA) is 93.6 Å². The van der Waals surface area contributed by atoms with E-state index in [1.54, 1.807) is 23.8 Å². The van der Waals surface area contributed by atoms with Gasteiger partial charge in [-0.3, -0.25) is 4.79 Å². The van der Waals surface area contributed by atoms with Crippen LogP contribution in [-0.4, -0.2) is 83.4 Å². The lowest BCUT2D eigenvalue weighted by Gasteiger charge is -2.47. The highest BCUT2D eigenvalue weighted by molar-refractivity contribution is 5.86. The molecule has 3 amide bonds. The van der Waals surface area contributed by atoms with Gasteiger partial charge in [0.15, 0.2) is 0 Å². The van der Waals surface area contributed by atoms with Crippen molar-refractivity contribution < 1.29 is 37.7 Å². The Balaban J connectivity index is 1.72. The monoisotopic (exact) mass is 577 g/mol. The summed E-state index contributed by atoms with van der Waals surface area (Å²) in [4.78, 5) is 32.7. The summed E-state index contributed by atoms with van der Waals surface area (Å²) in [5, 5.41) is 19.6. The smallest absolute Gasteiger partial charge is 0.416 e. The van der Waals surface area contributed by atoms with Crippen LogP contribution < -0.4 is 4.74 Å². The van der Waals surface area contributed by atoms with E-state index in [1.807, 2.05) is 31.2 Å². The standard InChI is InChI=1S/C30H38F3N3O5/c1-19-7-5-6-8-24(19)26-25-18-29(9-13-37,10-14-38)27(39)35(25)11-12-36(26)28(40)34(3)20(2)21-15-22(30(31,32)33)17-23(16-21)41-4/h5-8,15-17,20,25-26,37-38H,9-14,18H2,1-4H3/t20-,25+,26+/m1/s1. The Labute approximate surface area is 238 Å². The van der Waals surface area contributed by atoms with Crippen LogP contribution in [0.25, 0.3) is 0 Å². The minimum Gasteiger partial charge on any atom is -0.497 e. The lowest BCUT2D eigenvalue weighted by molar-refractivity contribution is -0.140. The Morgan fingerprint density at radius 2 is 1.80 bits per heavy atom. The van der Waals surface area contributed by atoms with Gasteiger partial charge in [-0.1, -0.05) is 24.3 Å². The van der Waals surface area contributed by atoms with Crippen molar-refractivity contribution in [1.82, 2.24) is 14.7 Å². The lowest BCUT2D eigenvalue weighted by Crippen LogP contribution is -2.57. The minimum absolute atomic E-state index is 0.0440. The highest BCUT2D eigenvalue weighted by atomic mass is 19.4. The molecule has 0 bridgehead atoms. The van der Waals surface area contributed by atoms with Gasteiger partial charge in [0.1, 0.15) is 5.75 Å². The van der Waals surface area contributed by atoms with Gasteiger partial charge in [-0.05, 0) is 68.0 Å². The molecule has 0 unspecified atom stereocenters. The highest BCUT2D eigenvalue weighted by Crippen LogP contribution is 2.49. The first-order valence-corrected chi connectivity index (χ1v) is 13.8. The molecule has 2 aliphatic rings. The summed E-state index contributed by atoms with van der Waals surface area (Å²) in [5.74, 6) is -0.0865. The average molecular weight is 578 g/mol. The fourth-order valence-electron chi connectivity index (χ4n) is 6.38. The fraction of sp³-hybridized carbons (Fsp3) is 0.533. The molecule has 3 atom stereocenters. The summed E-state index contributed by atoms with van der Waals surface area (Å²) in [6.07, 6.45) is -3.80. The molecule has 2 aromatic carbocycles. The first-order valence-electron chi connectivity index (χ1n) is 13.8. The maximum Gasteiger partial charge on any atom is 0.416 e. The SMILES string of the molecule is COc1cc([C@@H](C)N(C)C(=O)N2CCN3C(=O)C(CCO)(CCO)C[C@H]3[C@@H]2c2ccccc2C)cc(C(F)(F)F)c1. The van der Waals surface area contributed by atoms with Gasteiger partial charge >= 0.3 is 12.2 Å². The summed E-state index contributed by atoms with van der Waals surface area (Å²) in [7, 11) is 2.85. The van der Waals surface area contributed by atoms with Crippen molar-refractivity contribution in [3.8, 4) is 5.75 Å². The maximum atomic E-state index is 14.1. The van der Waals surface area contributed by atoms with Crippen LogP contribution in [0.4, 0.5) is 18.0 Å². The highest BCUT2D eigenvalue weighted by Gasteiger charge is 2.56. The van der Waals surface area contributed by atoms with E-state index >= 15 is 0 Å². The predicted molar refractivity (Wildman–Crippen MR) is 146 cm³/mol. The zero-order valence-electron chi connectivity index (χ0n) is 23.8. The largest absolute Gasteiger partial charge is 0.497 e. The van der Waals surface area contributed by atoms with E-state index in [0.29, 0.717) is 6.42 Å². The van der Waals surface area contributed by atoms with Crippen LogP contribution in [0.15, 0.2) is 42.5 Å². The van der Waals surface area contributed by atoms with E-state index in [0.717, 1.165) is 23.3 Å².